The molecule has 0 bridgehead atoms. The molecule has 0 saturated heterocycles. The first-order valence-electron chi connectivity index (χ1n) is 44.4. The molecule has 0 atom stereocenters. The van der Waals surface area contributed by atoms with Crippen molar-refractivity contribution in [1.82, 2.24) is 55.8 Å². The van der Waals surface area contributed by atoms with Crippen LogP contribution in [0.4, 0.5) is 98.3 Å². The predicted octanol–water partition coefficient (Wildman–Crippen LogP) is 13.2. The van der Waals surface area contributed by atoms with Crippen molar-refractivity contribution >= 4 is 146 Å². The van der Waals surface area contributed by atoms with Crippen LogP contribution in [0.15, 0.2) is 104 Å². The number of hydrogen-bond acceptors (Lipinski definition) is 25. The fraction of sp³-hybridized carbons (Fsp3) is 0.489. The van der Waals surface area contributed by atoms with Gasteiger partial charge in [0.1, 0.15) is 28.5 Å². The van der Waals surface area contributed by atoms with E-state index in [4.69, 9.17) is 24.7 Å². The van der Waals surface area contributed by atoms with Crippen LogP contribution in [0.2, 0.25) is 0 Å². The lowest BCUT2D eigenvalue weighted by molar-refractivity contribution is -0.126. The minimum Gasteiger partial charge on any atom is -0.495 e. The van der Waals surface area contributed by atoms with Gasteiger partial charge in [0.15, 0.2) is 23.3 Å². The Morgan fingerprint density at radius 1 is 0.441 bits per heavy atom. The Bertz CT molecular complexity index is 5540. The van der Waals surface area contributed by atoms with Crippen molar-refractivity contribution in [3.05, 3.63) is 131 Å². The predicted molar refractivity (Wildman–Crippen MR) is 496 cm³/mol. The van der Waals surface area contributed by atoms with Crippen molar-refractivity contribution in [2.75, 3.05) is 155 Å². The monoisotopic (exact) mass is 1730 g/mol. The van der Waals surface area contributed by atoms with Gasteiger partial charge in [-0.1, -0.05) is 51.0 Å². The SMILES string of the molecule is CN1C(=O)C(C)(C)CN(C2CCCC2)c2nc(Nc3cccc4c3CNC4=O)ncc21.CN1C(=O)Cc2cc(Nc3ncc4c(n3)N(C3CCCC3)CC(C)(C)C(=O)N4C)ccc21.CNC(=O)c1ccc(Nc2ncc3c(n2)N(C2CCCC2)CC(C)(C)C(=O)N3C)cc1.CNC(=O)c1ccc(Nc2ncc3c(n2)N(CC2CCC2)CC(C)(C)C(=O)N3C)c(OC)c1. The van der Waals surface area contributed by atoms with Crippen LogP contribution >= 0.6 is 0 Å². The Hall–Kier alpha value is -12.8. The van der Waals surface area contributed by atoms with E-state index >= 15 is 0 Å². The number of methoxy groups -OCH3 is 1. The number of nitrogens with one attached hydrogen (secondary N) is 7. The summed E-state index contributed by atoms with van der Waals surface area (Å²) in [4.78, 5) is 155. The number of likely N-dealkylation sites (N-methyl/N-ethyl adjacent to an activating group) is 1. The molecule has 10 aliphatic rings. The average molecular weight is 1730 g/mol. The number of carbonyl (C=O) groups is 8. The molecule has 6 aliphatic heterocycles. The number of hydrogen-bond donors (Lipinski definition) is 7. The summed E-state index contributed by atoms with van der Waals surface area (Å²) in [6.07, 6.45) is 24.9. The van der Waals surface area contributed by atoms with Crippen molar-refractivity contribution in [3.8, 4) is 5.75 Å². The molecule has 4 aliphatic carbocycles. The summed E-state index contributed by atoms with van der Waals surface area (Å²) in [5.41, 5.74) is 8.59. The number of aromatic nitrogens is 8. The molecule has 0 unspecified atom stereocenters. The number of amides is 8. The van der Waals surface area contributed by atoms with Crippen molar-refractivity contribution in [3.63, 3.8) is 0 Å². The summed E-state index contributed by atoms with van der Waals surface area (Å²) in [6, 6.07) is 24.9. The minimum atomic E-state index is -0.536. The van der Waals surface area contributed by atoms with Crippen LogP contribution in [-0.4, -0.2) is 194 Å². The number of benzene rings is 4. The summed E-state index contributed by atoms with van der Waals surface area (Å²) >= 11 is 0. The summed E-state index contributed by atoms with van der Waals surface area (Å²) in [6.45, 7) is 19.8. The lowest BCUT2D eigenvalue weighted by Gasteiger charge is -2.35. The zero-order valence-corrected chi connectivity index (χ0v) is 76.0. The number of carbonyl (C=O) groups excluding carboxylic acids is 8. The fourth-order valence-electron chi connectivity index (χ4n) is 19.1. The maximum Gasteiger partial charge on any atom is 0.251 e. The highest BCUT2D eigenvalue weighted by atomic mass is 16.5. The van der Waals surface area contributed by atoms with E-state index in [0.717, 1.165) is 119 Å². The maximum absolute atomic E-state index is 13.1. The number of anilines is 17. The molecule has 0 radical (unpaired) electrons. The summed E-state index contributed by atoms with van der Waals surface area (Å²) in [5, 5.41) is 21.2. The molecule has 8 aromatic rings. The number of fused-ring (bicyclic) bond motifs is 6. The third-order valence-electron chi connectivity index (χ3n) is 26.5. The fourth-order valence-corrected chi connectivity index (χ4v) is 19.1. The second kappa shape index (κ2) is 36.3. The molecule has 18 rings (SSSR count). The van der Waals surface area contributed by atoms with E-state index in [1.54, 1.807) is 129 Å². The summed E-state index contributed by atoms with van der Waals surface area (Å²) in [7, 11) is 13.7. The Balaban J connectivity index is 0.000000130. The first kappa shape index (κ1) is 89.0. The molecule has 33 nitrogen and oxygen atoms in total. The minimum absolute atomic E-state index is 0.0515. The topological polar surface area (TPSA) is 362 Å². The van der Waals surface area contributed by atoms with Crippen LogP contribution in [0, 0.1) is 27.6 Å². The van der Waals surface area contributed by atoms with E-state index in [-0.39, 0.29) is 47.3 Å². The standard InChI is InChI=1S/C24H32N6O3.C24H30N6O2.C23H28N6O2.C23H30N6O2/c1-24(2)14-30(13-15-7-6-8-15)20-18(29(4)22(24)32)12-26-23(28-20)27-17-10-9-16(21(31)25-3)11-19(17)33-5;1-24(2)14-30(17-7-5-6-8-17)21-19(29(4)22(24)32)13-25-23(27-21)26-16-9-10-18-15(11-16)12-20(31)28(18)3;1-23(2)13-29(14-7-4-5-8-14)19-18(28(3)21(23)31)12-25-22(27-19)26-17-10-6-9-15-16(17)11-24-20(15)30;1-23(2)14-29(17-7-5-6-8-17)19-18(28(4)21(23)31)13-25-22(27-19)26-16-11-9-15(10-12-16)20(30)24-3/h9-12,15H,6-8,13-14H2,1-5H3,(H,25,31)(H,26,27,28);9-11,13,17H,5-8,12,14H2,1-4H3,(H,25,26,27);6,9-10,12,14H,4-5,7-8,11,13H2,1-3H3,(H,24,30)(H,25,26,27);9-13,17H,5-8,14H2,1-4H3,(H,24,30)(H,25,26,27). The van der Waals surface area contributed by atoms with Crippen molar-refractivity contribution < 1.29 is 43.1 Å². The first-order chi connectivity index (χ1) is 60.6. The number of rotatable bonds is 16. The molecule has 4 saturated carbocycles. The number of ether oxygens (including phenoxy) is 1. The number of nitrogens with zero attached hydrogens (tertiary/aromatic N) is 17. The smallest absolute Gasteiger partial charge is 0.251 e. The molecule has 10 heterocycles. The van der Waals surface area contributed by atoms with Crippen LogP contribution in [0.1, 0.15) is 194 Å². The molecular weight excluding hydrogens is 1610 g/mol. The third-order valence-corrected chi connectivity index (χ3v) is 26.5. The van der Waals surface area contributed by atoms with Gasteiger partial charge in [0, 0.05) is 152 Å². The molecule has 8 amide bonds. The Morgan fingerprint density at radius 2 is 0.850 bits per heavy atom. The van der Waals surface area contributed by atoms with Crippen LogP contribution in [0.5, 0.6) is 5.75 Å². The quantitative estimate of drug-likeness (QED) is 0.0472. The van der Waals surface area contributed by atoms with E-state index in [1.165, 1.54) is 57.8 Å². The maximum atomic E-state index is 13.1. The van der Waals surface area contributed by atoms with Gasteiger partial charge in [0.25, 0.3) is 17.7 Å². The molecule has 33 heteroatoms. The molecule has 4 aromatic heterocycles. The second-order valence-corrected chi connectivity index (χ2v) is 37.6. The average Bonchev–Trinajstić information content (AvgIpc) is 1.64. The molecule has 7 N–H and O–H groups in total. The van der Waals surface area contributed by atoms with E-state index in [1.807, 2.05) is 111 Å². The van der Waals surface area contributed by atoms with Gasteiger partial charge in [-0.25, -0.2) is 19.9 Å². The van der Waals surface area contributed by atoms with Gasteiger partial charge in [0.2, 0.25) is 53.3 Å². The van der Waals surface area contributed by atoms with E-state index in [0.29, 0.717) is 121 Å². The third kappa shape index (κ3) is 18.5. The lowest BCUT2D eigenvalue weighted by Crippen LogP contribution is -2.45. The largest absolute Gasteiger partial charge is 0.495 e. The first-order valence-corrected chi connectivity index (χ1v) is 44.4. The highest BCUT2D eigenvalue weighted by molar-refractivity contribution is 6.06. The normalized spacial score (nSPS) is 19.2. The van der Waals surface area contributed by atoms with Crippen LogP contribution in [0.25, 0.3) is 0 Å². The van der Waals surface area contributed by atoms with Gasteiger partial charge in [-0.2, -0.15) is 19.9 Å². The highest BCUT2D eigenvalue weighted by Gasteiger charge is 2.47. The van der Waals surface area contributed by atoms with Gasteiger partial charge < -0.3 is 86.1 Å². The molecule has 0 spiro atoms. The zero-order valence-electron chi connectivity index (χ0n) is 76.0. The molecule has 4 fully saturated rings. The lowest BCUT2D eigenvalue weighted by atomic mass is 9.84. The van der Waals surface area contributed by atoms with Crippen LogP contribution < -0.4 is 86.1 Å². The Kier molecular flexibility index (Phi) is 25.4. The van der Waals surface area contributed by atoms with E-state index < -0.39 is 21.7 Å². The highest BCUT2D eigenvalue weighted by Crippen LogP contribution is 2.47. The zero-order chi connectivity index (χ0) is 90.3. The van der Waals surface area contributed by atoms with Crippen molar-refractivity contribution in [2.45, 2.75) is 183 Å². The molecule has 670 valence electrons. The van der Waals surface area contributed by atoms with Gasteiger partial charge in [-0.05, 0) is 191 Å². The Morgan fingerprint density at radius 3 is 1.30 bits per heavy atom. The van der Waals surface area contributed by atoms with Gasteiger partial charge in [0.05, 0.1) is 65.7 Å². The molecular formula is C94H120N24O9. The van der Waals surface area contributed by atoms with Crippen molar-refractivity contribution in [1.29, 1.82) is 0 Å². The molecule has 4 aromatic carbocycles. The summed E-state index contributed by atoms with van der Waals surface area (Å²) in [5.74, 6) is 6.11. The summed E-state index contributed by atoms with van der Waals surface area (Å²) < 4.78 is 5.48. The second-order valence-electron chi connectivity index (χ2n) is 37.6. The van der Waals surface area contributed by atoms with Gasteiger partial charge in [-0.3, -0.25) is 38.4 Å². The van der Waals surface area contributed by atoms with Gasteiger partial charge in [-0.15, -0.1) is 0 Å². The van der Waals surface area contributed by atoms with Crippen LogP contribution in [0.3, 0.4) is 0 Å². The van der Waals surface area contributed by atoms with E-state index in [9.17, 15) is 38.4 Å². The Labute approximate surface area is 742 Å². The van der Waals surface area contributed by atoms with E-state index in [2.05, 4.69) is 76.8 Å². The van der Waals surface area contributed by atoms with Crippen molar-refractivity contribution in [2.24, 2.45) is 27.6 Å². The molecule has 127 heavy (non-hydrogen) atoms. The van der Waals surface area contributed by atoms with Gasteiger partial charge >= 0.3 is 0 Å². The van der Waals surface area contributed by atoms with Crippen LogP contribution in [-0.2, 0) is 36.9 Å².